The second kappa shape index (κ2) is 5.66. The molecule has 1 heterocycles. The zero-order chi connectivity index (χ0) is 12.1. The Bertz CT molecular complexity index is 369. The van der Waals surface area contributed by atoms with Crippen LogP contribution in [0.15, 0.2) is 30.3 Å². The highest BCUT2D eigenvalue weighted by atomic mass is 19.1. The van der Waals surface area contributed by atoms with Gasteiger partial charge in [0, 0.05) is 6.54 Å². The van der Waals surface area contributed by atoms with Crippen LogP contribution >= 0.6 is 0 Å². The highest BCUT2D eigenvalue weighted by Crippen LogP contribution is 2.14. The molecule has 1 aromatic rings. The van der Waals surface area contributed by atoms with Crippen LogP contribution in [0.1, 0.15) is 18.4 Å². The van der Waals surface area contributed by atoms with E-state index in [1.54, 1.807) is 0 Å². The van der Waals surface area contributed by atoms with Crippen LogP contribution in [0, 0.1) is 0 Å². The summed E-state index contributed by atoms with van der Waals surface area (Å²) < 4.78 is 18.2. The quantitative estimate of drug-likeness (QED) is 0.791. The Balaban J connectivity index is 1.81. The molecule has 1 aliphatic rings. The number of carbonyl (C=O) groups is 1. The summed E-state index contributed by atoms with van der Waals surface area (Å²) in [7, 11) is 0. The van der Waals surface area contributed by atoms with Gasteiger partial charge in [-0.15, -0.1) is 0 Å². The zero-order valence-corrected chi connectivity index (χ0v) is 9.64. The normalized spacial score (nSPS) is 20.1. The van der Waals surface area contributed by atoms with E-state index >= 15 is 0 Å². The monoisotopic (exact) mass is 237 g/mol. The van der Waals surface area contributed by atoms with E-state index in [4.69, 9.17) is 4.74 Å². The fraction of sp³-hybridized carbons (Fsp3) is 0.462. The summed E-state index contributed by atoms with van der Waals surface area (Å²) in [6, 6.07) is 9.47. The predicted octanol–water partition coefficient (Wildman–Crippen LogP) is 2.76. The number of rotatable bonds is 2. The van der Waals surface area contributed by atoms with Crippen LogP contribution in [-0.4, -0.2) is 30.3 Å². The van der Waals surface area contributed by atoms with Gasteiger partial charge in [0.15, 0.2) is 0 Å². The number of alkyl halides is 1. The van der Waals surface area contributed by atoms with Crippen molar-refractivity contribution in [2.45, 2.75) is 25.6 Å². The van der Waals surface area contributed by atoms with E-state index in [1.165, 1.54) is 4.90 Å². The number of hydrogen-bond acceptors (Lipinski definition) is 2. The maximum absolute atomic E-state index is 13.1. The molecule has 17 heavy (non-hydrogen) atoms. The first-order valence-corrected chi connectivity index (χ1v) is 5.85. The van der Waals surface area contributed by atoms with E-state index in [0.717, 1.165) is 5.56 Å². The molecule has 0 unspecified atom stereocenters. The van der Waals surface area contributed by atoms with Gasteiger partial charge in [0.2, 0.25) is 0 Å². The predicted molar refractivity (Wildman–Crippen MR) is 62.3 cm³/mol. The zero-order valence-electron chi connectivity index (χ0n) is 9.64. The lowest BCUT2D eigenvalue weighted by molar-refractivity contribution is 0.0718. The Kier molecular flexibility index (Phi) is 3.96. The third-order valence-electron chi connectivity index (χ3n) is 2.83. The number of amides is 1. The number of hydrogen-bond donors (Lipinski definition) is 0. The van der Waals surface area contributed by atoms with Crippen LogP contribution in [0.4, 0.5) is 9.18 Å². The van der Waals surface area contributed by atoms with E-state index in [2.05, 4.69) is 0 Å². The summed E-state index contributed by atoms with van der Waals surface area (Å²) >= 11 is 0. The molecule has 4 heteroatoms. The molecule has 92 valence electrons. The SMILES string of the molecule is O=C(OCc1ccccc1)N1CCC[C@H](F)C1. The van der Waals surface area contributed by atoms with Crippen molar-refractivity contribution in [2.75, 3.05) is 13.1 Å². The number of carbonyl (C=O) groups excluding carboxylic acids is 1. The van der Waals surface area contributed by atoms with Gasteiger partial charge in [-0.2, -0.15) is 0 Å². The summed E-state index contributed by atoms with van der Waals surface area (Å²) in [6.07, 6.45) is -0.0754. The van der Waals surface area contributed by atoms with Gasteiger partial charge in [-0.1, -0.05) is 30.3 Å². The van der Waals surface area contributed by atoms with E-state index < -0.39 is 12.3 Å². The van der Waals surface area contributed by atoms with Crippen LogP contribution in [0.5, 0.6) is 0 Å². The second-order valence-electron chi connectivity index (χ2n) is 4.23. The molecule has 0 N–H and O–H groups in total. The first-order valence-electron chi connectivity index (χ1n) is 5.85. The Morgan fingerprint density at radius 1 is 1.41 bits per heavy atom. The van der Waals surface area contributed by atoms with E-state index in [-0.39, 0.29) is 13.2 Å². The molecule has 1 fully saturated rings. The van der Waals surface area contributed by atoms with E-state index in [0.29, 0.717) is 19.4 Å². The van der Waals surface area contributed by atoms with Crippen LogP contribution < -0.4 is 0 Å². The Labute approximate surface area is 100 Å². The van der Waals surface area contributed by atoms with Gasteiger partial charge in [-0.25, -0.2) is 9.18 Å². The lowest BCUT2D eigenvalue weighted by Crippen LogP contribution is -2.40. The molecule has 0 aromatic heterocycles. The Morgan fingerprint density at radius 3 is 2.88 bits per heavy atom. The largest absolute Gasteiger partial charge is 0.445 e. The van der Waals surface area contributed by atoms with Crippen molar-refractivity contribution >= 4 is 6.09 Å². The van der Waals surface area contributed by atoms with Crippen LogP contribution in [-0.2, 0) is 11.3 Å². The van der Waals surface area contributed by atoms with Crippen molar-refractivity contribution in [3.05, 3.63) is 35.9 Å². The summed E-state index contributed by atoms with van der Waals surface area (Å²) in [4.78, 5) is 13.1. The van der Waals surface area contributed by atoms with Crippen molar-refractivity contribution in [1.82, 2.24) is 4.90 Å². The summed E-state index contributed by atoms with van der Waals surface area (Å²) in [6.45, 7) is 0.995. The molecule has 2 rings (SSSR count). The molecule has 1 aromatic carbocycles. The molecule has 0 aliphatic carbocycles. The summed E-state index contributed by atoms with van der Waals surface area (Å²) in [5.41, 5.74) is 0.939. The third-order valence-corrected chi connectivity index (χ3v) is 2.83. The minimum atomic E-state index is -0.909. The molecule has 0 saturated carbocycles. The van der Waals surface area contributed by atoms with Gasteiger partial charge in [0.25, 0.3) is 0 Å². The van der Waals surface area contributed by atoms with Crippen molar-refractivity contribution in [3.8, 4) is 0 Å². The molecule has 1 saturated heterocycles. The molecule has 0 radical (unpaired) electrons. The van der Waals surface area contributed by atoms with Crippen molar-refractivity contribution in [2.24, 2.45) is 0 Å². The average Bonchev–Trinajstić information content (AvgIpc) is 2.37. The molecule has 1 amide bonds. The number of benzene rings is 1. The van der Waals surface area contributed by atoms with E-state index in [1.807, 2.05) is 30.3 Å². The third kappa shape index (κ3) is 3.44. The number of ether oxygens (including phenoxy) is 1. The number of likely N-dealkylation sites (tertiary alicyclic amines) is 1. The highest BCUT2D eigenvalue weighted by molar-refractivity contribution is 5.67. The van der Waals surface area contributed by atoms with Crippen molar-refractivity contribution in [3.63, 3.8) is 0 Å². The average molecular weight is 237 g/mol. The smallest absolute Gasteiger partial charge is 0.410 e. The minimum absolute atomic E-state index is 0.160. The lowest BCUT2D eigenvalue weighted by Gasteiger charge is -2.28. The summed E-state index contributed by atoms with van der Waals surface area (Å²) in [5, 5.41) is 0. The van der Waals surface area contributed by atoms with Gasteiger partial charge >= 0.3 is 6.09 Å². The molecule has 3 nitrogen and oxygen atoms in total. The number of piperidine rings is 1. The first kappa shape index (κ1) is 11.9. The number of nitrogens with zero attached hydrogens (tertiary/aromatic N) is 1. The Hall–Kier alpha value is -1.58. The maximum Gasteiger partial charge on any atom is 0.410 e. The molecule has 1 atom stereocenters. The standard InChI is InChI=1S/C13H16FNO2/c14-12-7-4-8-15(9-12)13(16)17-10-11-5-2-1-3-6-11/h1-3,5-6,12H,4,7-10H2/t12-/m0/s1. The fourth-order valence-electron chi connectivity index (χ4n) is 1.90. The molecule has 0 spiro atoms. The van der Waals surface area contributed by atoms with Crippen LogP contribution in [0.25, 0.3) is 0 Å². The maximum atomic E-state index is 13.1. The number of halogens is 1. The molecule has 0 bridgehead atoms. The fourth-order valence-corrected chi connectivity index (χ4v) is 1.90. The Morgan fingerprint density at radius 2 is 2.18 bits per heavy atom. The van der Waals surface area contributed by atoms with Crippen LogP contribution in [0.2, 0.25) is 0 Å². The second-order valence-corrected chi connectivity index (χ2v) is 4.23. The van der Waals surface area contributed by atoms with Gasteiger partial charge in [-0.3, -0.25) is 0 Å². The van der Waals surface area contributed by atoms with Crippen molar-refractivity contribution < 1.29 is 13.9 Å². The van der Waals surface area contributed by atoms with Crippen molar-refractivity contribution in [1.29, 1.82) is 0 Å². The molecule has 1 aliphatic heterocycles. The van der Waals surface area contributed by atoms with Gasteiger partial charge in [-0.05, 0) is 18.4 Å². The lowest BCUT2D eigenvalue weighted by atomic mass is 10.1. The van der Waals surface area contributed by atoms with E-state index in [9.17, 15) is 9.18 Å². The highest BCUT2D eigenvalue weighted by Gasteiger charge is 2.24. The van der Waals surface area contributed by atoms with Crippen LogP contribution in [0.3, 0.4) is 0 Å². The van der Waals surface area contributed by atoms with Gasteiger partial charge in [0.05, 0.1) is 6.54 Å². The molecular formula is C13H16FNO2. The van der Waals surface area contributed by atoms with Gasteiger partial charge in [0.1, 0.15) is 12.8 Å². The van der Waals surface area contributed by atoms with Gasteiger partial charge < -0.3 is 9.64 Å². The topological polar surface area (TPSA) is 29.5 Å². The minimum Gasteiger partial charge on any atom is -0.445 e. The molecular weight excluding hydrogens is 221 g/mol. The first-order chi connectivity index (χ1) is 8.25. The summed E-state index contributed by atoms with van der Waals surface area (Å²) in [5.74, 6) is 0.